The van der Waals surface area contributed by atoms with E-state index >= 15 is 0 Å². The molecule has 0 aromatic carbocycles. The highest BCUT2D eigenvalue weighted by molar-refractivity contribution is 5.94. The molecule has 0 amide bonds. The molecule has 0 spiro atoms. The Bertz CT molecular complexity index is 498. The quantitative estimate of drug-likeness (QED) is 0.709. The average Bonchev–Trinajstić information content (AvgIpc) is 2.28. The molecule has 1 aromatic heterocycles. The normalized spacial score (nSPS) is 9.06. The van der Waals surface area contributed by atoms with Crippen LogP contribution >= 0.6 is 0 Å². The third-order valence-electron chi connectivity index (χ3n) is 1.94. The van der Waals surface area contributed by atoms with Gasteiger partial charge in [-0.3, -0.25) is 0 Å². The molecule has 1 aromatic rings. The van der Waals surface area contributed by atoms with Gasteiger partial charge in [0.05, 0.1) is 24.0 Å². The summed E-state index contributed by atoms with van der Waals surface area (Å²) in [7, 11) is 0. The van der Waals surface area contributed by atoms with Crippen molar-refractivity contribution in [2.24, 2.45) is 0 Å². The first-order valence-corrected chi connectivity index (χ1v) is 4.57. The van der Waals surface area contributed by atoms with Crippen LogP contribution in [-0.2, 0) is 0 Å². The van der Waals surface area contributed by atoms with Gasteiger partial charge in [-0.15, -0.1) is 0 Å². The average molecular weight is 231 g/mol. The fraction of sp³-hybridized carbons (Fsp3) is 0.200. The minimum atomic E-state index is -1.21. The minimum absolute atomic E-state index is 0.0646. The van der Waals surface area contributed by atoms with E-state index in [1.807, 2.05) is 12.1 Å². The summed E-state index contributed by atoms with van der Waals surface area (Å²) >= 11 is 0. The van der Waals surface area contributed by atoms with E-state index in [9.17, 15) is 4.79 Å². The first-order chi connectivity index (χ1) is 8.10. The Morgan fingerprint density at radius 2 is 2.06 bits per heavy atom. The molecule has 0 saturated carbocycles. The Hall–Kier alpha value is -2.80. The van der Waals surface area contributed by atoms with Crippen LogP contribution in [0.3, 0.4) is 0 Å². The maximum absolute atomic E-state index is 11.0. The lowest BCUT2D eigenvalue weighted by Crippen LogP contribution is -2.27. The third-order valence-corrected chi connectivity index (χ3v) is 1.94. The van der Waals surface area contributed by atoms with Crippen LogP contribution in [0.4, 0.5) is 11.5 Å². The number of pyridine rings is 1. The monoisotopic (exact) mass is 231 g/mol. The fourth-order valence-corrected chi connectivity index (χ4v) is 1.26. The van der Waals surface area contributed by atoms with Gasteiger partial charge in [0.2, 0.25) is 0 Å². The van der Waals surface area contributed by atoms with Gasteiger partial charge in [-0.1, -0.05) is 0 Å². The van der Waals surface area contributed by atoms with Gasteiger partial charge in [0.15, 0.2) is 0 Å². The van der Waals surface area contributed by atoms with Crippen LogP contribution in [-0.4, -0.2) is 29.1 Å². The highest BCUT2D eigenvalue weighted by atomic mass is 16.4. The number of anilines is 2. The highest BCUT2D eigenvalue weighted by Crippen LogP contribution is 2.19. The number of aromatic nitrogens is 1. The van der Waals surface area contributed by atoms with Crippen LogP contribution in [0.5, 0.6) is 0 Å². The van der Waals surface area contributed by atoms with E-state index in [-0.39, 0.29) is 30.2 Å². The first kappa shape index (κ1) is 12.3. The predicted molar refractivity (Wildman–Crippen MR) is 59.0 cm³/mol. The van der Waals surface area contributed by atoms with Gasteiger partial charge in [0.25, 0.3) is 0 Å². The summed E-state index contributed by atoms with van der Waals surface area (Å²) in [4.78, 5) is 16.1. The van der Waals surface area contributed by atoms with Crippen LogP contribution in [0, 0.1) is 22.7 Å². The largest absolute Gasteiger partial charge is 0.478 e. The Morgan fingerprint density at radius 1 is 1.47 bits per heavy atom. The van der Waals surface area contributed by atoms with E-state index < -0.39 is 5.97 Å². The molecular weight excluding hydrogens is 222 g/mol. The lowest BCUT2D eigenvalue weighted by molar-refractivity contribution is 0.0697. The summed E-state index contributed by atoms with van der Waals surface area (Å²) < 4.78 is 0. The van der Waals surface area contributed by atoms with Crippen molar-refractivity contribution in [1.29, 1.82) is 10.5 Å². The second kappa shape index (κ2) is 5.33. The van der Waals surface area contributed by atoms with E-state index in [0.717, 1.165) is 0 Å². The zero-order valence-electron chi connectivity index (χ0n) is 8.79. The van der Waals surface area contributed by atoms with E-state index in [1.54, 1.807) is 0 Å². The predicted octanol–water partition coefficient (Wildman–Crippen LogP) is 0.216. The molecule has 0 aliphatic carbocycles. The molecule has 0 saturated heterocycles. The van der Waals surface area contributed by atoms with Gasteiger partial charge < -0.3 is 15.7 Å². The van der Waals surface area contributed by atoms with Crippen LogP contribution in [0.25, 0.3) is 0 Å². The maximum Gasteiger partial charge on any atom is 0.339 e. The molecule has 7 heteroatoms. The molecule has 0 atom stereocenters. The summed E-state index contributed by atoms with van der Waals surface area (Å²) in [5, 5.41) is 26.2. The Kier molecular flexibility index (Phi) is 3.85. The lowest BCUT2D eigenvalue weighted by atomic mass is 10.2. The standard InChI is InChI=1S/C10H9N5O2/c11-1-3-15(4-2-12)9-8(10(16)17)5-7(13)6-14-9/h5-6H,3-4,13H2,(H,16,17). The second-order valence-corrected chi connectivity index (χ2v) is 3.12. The minimum Gasteiger partial charge on any atom is -0.478 e. The summed E-state index contributed by atoms with van der Waals surface area (Å²) in [6, 6.07) is 4.93. The molecule has 0 aliphatic rings. The zero-order valence-corrected chi connectivity index (χ0v) is 8.79. The number of nitrogen functional groups attached to an aromatic ring is 1. The van der Waals surface area contributed by atoms with Crippen LogP contribution < -0.4 is 10.6 Å². The number of hydrogen-bond donors (Lipinski definition) is 2. The van der Waals surface area contributed by atoms with Crippen molar-refractivity contribution >= 4 is 17.5 Å². The number of carboxylic acid groups (broad SMARTS) is 1. The van der Waals surface area contributed by atoms with Gasteiger partial charge in [0.1, 0.15) is 24.5 Å². The Balaban J connectivity index is 3.23. The number of nitrogens with two attached hydrogens (primary N) is 1. The van der Waals surface area contributed by atoms with Gasteiger partial charge in [-0.2, -0.15) is 10.5 Å². The smallest absolute Gasteiger partial charge is 0.339 e. The number of aromatic carboxylic acids is 1. The molecule has 0 aliphatic heterocycles. The second-order valence-electron chi connectivity index (χ2n) is 3.12. The molecule has 0 fully saturated rings. The van der Waals surface area contributed by atoms with Crippen molar-refractivity contribution in [2.75, 3.05) is 23.7 Å². The lowest BCUT2D eigenvalue weighted by Gasteiger charge is -2.18. The fourth-order valence-electron chi connectivity index (χ4n) is 1.26. The van der Waals surface area contributed by atoms with E-state index in [1.165, 1.54) is 17.2 Å². The van der Waals surface area contributed by atoms with E-state index in [2.05, 4.69) is 4.98 Å². The topological polar surface area (TPSA) is 127 Å². The van der Waals surface area contributed by atoms with Crippen LogP contribution in [0.15, 0.2) is 12.3 Å². The molecule has 0 radical (unpaired) electrons. The maximum atomic E-state index is 11.0. The van der Waals surface area contributed by atoms with Crippen molar-refractivity contribution in [3.63, 3.8) is 0 Å². The first-order valence-electron chi connectivity index (χ1n) is 4.57. The number of nitriles is 2. The van der Waals surface area contributed by atoms with Crippen molar-refractivity contribution in [3.8, 4) is 12.1 Å². The van der Waals surface area contributed by atoms with Crippen molar-refractivity contribution in [3.05, 3.63) is 17.8 Å². The molecule has 86 valence electrons. The molecule has 1 rings (SSSR count). The Morgan fingerprint density at radius 3 is 2.53 bits per heavy atom. The van der Waals surface area contributed by atoms with Crippen molar-refractivity contribution < 1.29 is 9.90 Å². The molecular formula is C10H9N5O2. The van der Waals surface area contributed by atoms with Gasteiger partial charge >= 0.3 is 5.97 Å². The number of carbonyl (C=O) groups is 1. The molecule has 0 bridgehead atoms. The molecule has 17 heavy (non-hydrogen) atoms. The number of hydrogen-bond acceptors (Lipinski definition) is 6. The molecule has 1 heterocycles. The summed E-state index contributed by atoms with van der Waals surface area (Å²) in [5.41, 5.74) is 5.52. The van der Waals surface area contributed by atoms with E-state index in [4.69, 9.17) is 21.4 Å². The third kappa shape index (κ3) is 2.83. The number of rotatable bonds is 4. The Labute approximate surface area is 97.3 Å². The summed E-state index contributed by atoms with van der Waals surface area (Å²) in [6.07, 6.45) is 1.28. The van der Waals surface area contributed by atoms with Gasteiger partial charge in [-0.25, -0.2) is 9.78 Å². The summed E-state index contributed by atoms with van der Waals surface area (Å²) in [5.74, 6) is -1.14. The number of nitrogens with zero attached hydrogens (tertiary/aromatic N) is 4. The van der Waals surface area contributed by atoms with Gasteiger partial charge in [-0.05, 0) is 6.07 Å². The van der Waals surface area contributed by atoms with Gasteiger partial charge in [0, 0.05) is 0 Å². The summed E-state index contributed by atoms with van der Waals surface area (Å²) in [6.45, 7) is -0.241. The van der Waals surface area contributed by atoms with E-state index in [0.29, 0.717) is 0 Å². The van der Waals surface area contributed by atoms with Crippen LogP contribution in [0.2, 0.25) is 0 Å². The van der Waals surface area contributed by atoms with Crippen LogP contribution in [0.1, 0.15) is 10.4 Å². The van der Waals surface area contributed by atoms with Crippen molar-refractivity contribution in [1.82, 2.24) is 4.98 Å². The SMILES string of the molecule is N#CCN(CC#N)c1ncc(N)cc1C(=O)O. The molecule has 3 N–H and O–H groups in total. The number of carboxylic acids is 1. The molecule has 7 nitrogen and oxygen atoms in total. The zero-order chi connectivity index (χ0) is 12.8. The highest BCUT2D eigenvalue weighted by Gasteiger charge is 2.17. The molecule has 0 unspecified atom stereocenters. The van der Waals surface area contributed by atoms with Crippen molar-refractivity contribution in [2.45, 2.75) is 0 Å².